The lowest BCUT2D eigenvalue weighted by atomic mass is 9.60. The minimum atomic E-state index is -0.880. The Morgan fingerprint density at radius 3 is 2.73 bits per heavy atom. The first-order chi connectivity index (χ1) is 16.0. The monoisotopic (exact) mass is 442 g/mol. The van der Waals surface area contributed by atoms with E-state index in [1.807, 2.05) is 31.3 Å². The molecule has 6 heteroatoms. The van der Waals surface area contributed by atoms with E-state index < -0.39 is 5.72 Å². The summed E-state index contributed by atoms with van der Waals surface area (Å²) in [6.07, 6.45) is 9.31. The van der Waals surface area contributed by atoms with Crippen LogP contribution in [0.3, 0.4) is 0 Å². The van der Waals surface area contributed by atoms with Crippen molar-refractivity contribution in [1.82, 2.24) is 5.06 Å². The third-order valence-corrected chi connectivity index (χ3v) is 8.24. The second-order valence-electron chi connectivity index (χ2n) is 10.1. The van der Waals surface area contributed by atoms with Gasteiger partial charge in [-0.25, -0.2) is 14.9 Å². The zero-order valence-electron chi connectivity index (χ0n) is 19.1. The smallest absolute Gasteiger partial charge is 0.222 e. The van der Waals surface area contributed by atoms with Crippen molar-refractivity contribution in [3.63, 3.8) is 0 Å². The third kappa shape index (κ3) is 3.21. The molecular weight excluding hydrogens is 412 g/mol. The Morgan fingerprint density at radius 2 is 1.91 bits per heavy atom. The SMILES string of the molecule is CN1OC2(C[C@@]3(CCCC4CCCCC43)Oc3ccc(-c4cccc(C#N)c4)cc32)N=C1N. The van der Waals surface area contributed by atoms with Gasteiger partial charge in [0.15, 0.2) is 0 Å². The molecule has 170 valence electrons. The fourth-order valence-electron chi connectivity index (χ4n) is 6.80. The molecule has 2 heterocycles. The first-order valence-corrected chi connectivity index (χ1v) is 12.1. The minimum absolute atomic E-state index is 0.270. The van der Waals surface area contributed by atoms with Crippen molar-refractivity contribution < 1.29 is 9.57 Å². The van der Waals surface area contributed by atoms with Gasteiger partial charge in [0.1, 0.15) is 11.4 Å². The topological polar surface area (TPSA) is 83.9 Å². The highest BCUT2D eigenvalue weighted by Gasteiger charge is 2.59. The van der Waals surface area contributed by atoms with Crippen LogP contribution in [0.2, 0.25) is 0 Å². The van der Waals surface area contributed by atoms with E-state index in [4.69, 9.17) is 20.3 Å². The van der Waals surface area contributed by atoms with E-state index in [-0.39, 0.29) is 5.60 Å². The van der Waals surface area contributed by atoms with Gasteiger partial charge in [0.05, 0.1) is 17.2 Å². The van der Waals surface area contributed by atoms with Gasteiger partial charge < -0.3 is 10.5 Å². The predicted molar refractivity (Wildman–Crippen MR) is 126 cm³/mol. The van der Waals surface area contributed by atoms with Crippen LogP contribution in [0.4, 0.5) is 0 Å². The van der Waals surface area contributed by atoms with E-state index in [1.54, 1.807) is 5.06 Å². The predicted octanol–water partition coefficient (Wildman–Crippen LogP) is 5.08. The number of hydrogen-bond donors (Lipinski definition) is 1. The van der Waals surface area contributed by atoms with Crippen molar-refractivity contribution in [2.24, 2.45) is 22.6 Å². The molecule has 2 aliphatic carbocycles. The van der Waals surface area contributed by atoms with Crippen LogP contribution in [0.15, 0.2) is 47.5 Å². The van der Waals surface area contributed by atoms with Crippen molar-refractivity contribution in [2.75, 3.05) is 7.05 Å². The van der Waals surface area contributed by atoms with Gasteiger partial charge >= 0.3 is 0 Å². The van der Waals surface area contributed by atoms with Crippen LogP contribution < -0.4 is 10.5 Å². The van der Waals surface area contributed by atoms with Crippen molar-refractivity contribution in [3.8, 4) is 22.9 Å². The lowest BCUT2D eigenvalue weighted by molar-refractivity contribution is -0.220. The van der Waals surface area contributed by atoms with E-state index in [2.05, 4.69) is 24.3 Å². The Hall–Kier alpha value is -3.04. The third-order valence-electron chi connectivity index (χ3n) is 8.24. The number of nitrogens with zero attached hydrogens (tertiary/aromatic N) is 3. The number of hydrogen-bond acceptors (Lipinski definition) is 6. The Kier molecular flexibility index (Phi) is 4.67. The Balaban J connectivity index is 1.48. The molecule has 2 spiro atoms. The number of ether oxygens (including phenoxy) is 1. The Morgan fingerprint density at radius 1 is 1.09 bits per heavy atom. The summed E-state index contributed by atoms with van der Waals surface area (Å²) in [5.74, 6) is 2.49. The van der Waals surface area contributed by atoms with Crippen LogP contribution in [0.5, 0.6) is 5.75 Å². The average Bonchev–Trinajstić information content (AvgIpc) is 3.12. The molecule has 6 nitrogen and oxygen atoms in total. The number of guanidine groups is 1. The summed E-state index contributed by atoms with van der Waals surface area (Å²) < 4.78 is 6.96. The van der Waals surface area contributed by atoms with Crippen molar-refractivity contribution in [1.29, 1.82) is 5.26 Å². The molecule has 4 atom stereocenters. The van der Waals surface area contributed by atoms with Crippen LogP contribution in [0, 0.1) is 23.2 Å². The number of aliphatic imine (C=N–C) groups is 1. The number of rotatable bonds is 1. The maximum atomic E-state index is 9.34. The summed E-state index contributed by atoms with van der Waals surface area (Å²) in [6.45, 7) is 0. The highest BCUT2D eigenvalue weighted by molar-refractivity contribution is 5.79. The molecule has 2 fully saturated rings. The minimum Gasteiger partial charge on any atom is -0.486 e. The Labute approximate surface area is 195 Å². The lowest BCUT2D eigenvalue weighted by Gasteiger charge is -2.54. The lowest BCUT2D eigenvalue weighted by Crippen LogP contribution is -2.57. The van der Waals surface area contributed by atoms with Gasteiger partial charge in [0, 0.05) is 19.4 Å². The van der Waals surface area contributed by atoms with E-state index >= 15 is 0 Å². The molecule has 2 aromatic carbocycles. The van der Waals surface area contributed by atoms with Crippen LogP contribution >= 0.6 is 0 Å². The molecule has 2 N–H and O–H groups in total. The number of benzene rings is 2. The summed E-state index contributed by atoms with van der Waals surface area (Å²) in [5.41, 5.74) is 8.65. The summed E-state index contributed by atoms with van der Waals surface area (Å²) in [4.78, 5) is 11.4. The standard InChI is InChI=1S/C27H30N4O2/c1-31-25(29)30-27(33-31)17-26(13-5-9-19-7-2-3-10-22(19)26)32-24-12-11-21(15-23(24)27)20-8-4-6-18(14-20)16-28/h4,6,8,11-12,14-15,19,22H,2-3,5,7,9-10,13,17H2,1H3,(H2,29,30)/t19?,22?,26-,27?/m1/s1. The molecule has 0 radical (unpaired) electrons. The van der Waals surface area contributed by atoms with Gasteiger partial charge in [0.25, 0.3) is 0 Å². The second-order valence-corrected chi connectivity index (χ2v) is 10.1. The first kappa shape index (κ1) is 20.6. The average molecular weight is 443 g/mol. The van der Waals surface area contributed by atoms with Gasteiger partial charge in [-0.3, -0.25) is 0 Å². The molecule has 2 aromatic rings. The van der Waals surface area contributed by atoms with Crippen LogP contribution in [-0.4, -0.2) is 23.7 Å². The van der Waals surface area contributed by atoms with Crippen molar-refractivity contribution >= 4 is 5.96 Å². The summed E-state index contributed by atoms with van der Waals surface area (Å²) >= 11 is 0. The summed E-state index contributed by atoms with van der Waals surface area (Å²) in [7, 11) is 1.82. The van der Waals surface area contributed by atoms with Crippen molar-refractivity contribution in [3.05, 3.63) is 53.6 Å². The van der Waals surface area contributed by atoms with Crippen LogP contribution in [0.25, 0.3) is 11.1 Å². The van der Waals surface area contributed by atoms with E-state index in [0.717, 1.165) is 34.8 Å². The Bertz CT molecular complexity index is 1170. The van der Waals surface area contributed by atoms with E-state index in [1.165, 1.54) is 38.5 Å². The van der Waals surface area contributed by atoms with Gasteiger partial charge in [-0.2, -0.15) is 5.26 Å². The molecule has 0 amide bonds. The first-order valence-electron chi connectivity index (χ1n) is 12.1. The largest absolute Gasteiger partial charge is 0.486 e. The highest BCUT2D eigenvalue weighted by Crippen LogP contribution is 2.58. The maximum absolute atomic E-state index is 9.34. The molecular formula is C27H30N4O2. The van der Waals surface area contributed by atoms with Gasteiger partial charge in [-0.1, -0.05) is 37.5 Å². The zero-order valence-corrected chi connectivity index (χ0v) is 19.1. The highest BCUT2D eigenvalue weighted by atomic mass is 16.7. The molecule has 0 saturated heterocycles. The zero-order chi connectivity index (χ0) is 22.6. The molecule has 0 bridgehead atoms. The van der Waals surface area contributed by atoms with E-state index in [0.29, 0.717) is 23.9 Å². The number of nitriles is 1. The van der Waals surface area contributed by atoms with Gasteiger partial charge in [-0.15, -0.1) is 0 Å². The number of nitrogens with two attached hydrogens (primary N) is 1. The number of fused-ring (bicyclic) bond motifs is 4. The van der Waals surface area contributed by atoms with Gasteiger partial charge in [0.2, 0.25) is 11.7 Å². The fourth-order valence-corrected chi connectivity index (χ4v) is 6.80. The normalized spacial score (nSPS) is 32.6. The maximum Gasteiger partial charge on any atom is 0.222 e. The molecule has 6 rings (SSSR count). The van der Waals surface area contributed by atoms with Crippen molar-refractivity contribution in [2.45, 2.75) is 62.7 Å². The molecule has 0 aromatic heterocycles. The summed E-state index contributed by atoms with van der Waals surface area (Å²) in [5, 5.41) is 10.9. The molecule has 2 aliphatic heterocycles. The quantitative estimate of drug-likeness (QED) is 0.666. The fraction of sp³-hybridized carbons (Fsp3) is 0.481. The summed E-state index contributed by atoms with van der Waals surface area (Å²) in [6, 6.07) is 16.1. The number of hydroxylamine groups is 2. The second kappa shape index (κ2) is 7.50. The van der Waals surface area contributed by atoms with Crippen LogP contribution in [0.1, 0.15) is 62.5 Å². The van der Waals surface area contributed by atoms with Gasteiger partial charge in [-0.05, 0) is 67.0 Å². The molecule has 2 saturated carbocycles. The molecule has 3 unspecified atom stereocenters. The molecule has 4 aliphatic rings. The molecule has 33 heavy (non-hydrogen) atoms. The van der Waals surface area contributed by atoms with Crippen LogP contribution in [-0.2, 0) is 10.6 Å². The van der Waals surface area contributed by atoms with E-state index in [9.17, 15) is 5.26 Å².